The van der Waals surface area contributed by atoms with Crippen LogP contribution in [-0.4, -0.2) is 21.8 Å². The zero-order chi connectivity index (χ0) is 15.8. The average molecular weight is 317 g/mol. The maximum absolute atomic E-state index is 6.36. The standard InChI is InChI=1S/C18H40O2Si/c1-5-9-11-13-17-21(19-15-7-3,20-16-8-4)18-14-12-10-6-2/h5-18H2,1-4H3. The molecule has 0 aromatic carbocycles. The van der Waals surface area contributed by atoms with Crippen molar-refractivity contribution in [3.63, 3.8) is 0 Å². The van der Waals surface area contributed by atoms with Gasteiger partial charge in [-0.15, -0.1) is 0 Å². The Labute approximate surface area is 135 Å². The summed E-state index contributed by atoms with van der Waals surface area (Å²) < 4.78 is 12.7. The third-order valence-corrected chi connectivity index (χ3v) is 7.65. The van der Waals surface area contributed by atoms with Gasteiger partial charge in [-0.25, -0.2) is 0 Å². The van der Waals surface area contributed by atoms with E-state index in [9.17, 15) is 0 Å². The zero-order valence-electron chi connectivity index (χ0n) is 15.2. The Hall–Kier alpha value is 0.137. The van der Waals surface area contributed by atoms with Crippen molar-refractivity contribution in [3.05, 3.63) is 0 Å². The lowest BCUT2D eigenvalue weighted by atomic mass is 10.2. The first kappa shape index (κ1) is 21.1. The smallest absolute Gasteiger partial charge is 0.338 e. The van der Waals surface area contributed by atoms with Gasteiger partial charge in [0, 0.05) is 13.2 Å². The van der Waals surface area contributed by atoms with Crippen molar-refractivity contribution >= 4 is 8.56 Å². The minimum atomic E-state index is -1.94. The van der Waals surface area contributed by atoms with Gasteiger partial charge in [-0.3, -0.25) is 0 Å². The summed E-state index contributed by atoms with van der Waals surface area (Å²) >= 11 is 0. The maximum Gasteiger partial charge on any atom is 0.338 e. The summed E-state index contributed by atoms with van der Waals surface area (Å²) in [5, 5.41) is 0. The molecule has 2 nitrogen and oxygen atoms in total. The fraction of sp³-hybridized carbons (Fsp3) is 1.00. The molecule has 0 saturated heterocycles. The van der Waals surface area contributed by atoms with Crippen molar-refractivity contribution in [3.8, 4) is 0 Å². The molecule has 0 aromatic heterocycles. The molecule has 0 aliphatic rings. The Balaban J connectivity index is 4.43. The number of hydrogen-bond donors (Lipinski definition) is 0. The van der Waals surface area contributed by atoms with Gasteiger partial charge in [0.2, 0.25) is 0 Å². The van der Waals surface area contributed by atoms with E-state index in [-0.39, 0.29) is 0 Å². The van der Waals surface area contributed by atoms with E-state index in [1.54, 1.807) is 0 Å². The number of rotatable bonds is 16. The second kappa shape index (κ2) is 15.0. The topological polar surface area (TPSA) is 18.5 Å². The van der Waals surface area contributed by atoms with Crippen LogP contribution in [-0.2, 0) is 8.85 Å². The largest absolute Gasteiger partial charge is 0.394 e. The van der Waals surface area contributed by atoms with Gasteiger partial charge >= 0.3 is 8.56 Å². The Morgan fingerprint density at radius 3 is 1.29 bits per heavy atom. The highest BCUT2D eigenvalue weighted by molar-refractivity contribution is 6.67. The molecule has 0 N–H and O–H groups in total. The fourth-order valence-corrected chi connectivity index (χ4v) is 6.31. The summed E-state index contributed by atoms with van der Waals surface area (Å²) in [6.07, 6.45) is 12.8. The van der Waals surface area contributed by atoms with Gasteiger partial charge in [0.25, 0.3) is 0 Å². The second-order valence-electron chi connectivity index (χ2n) is 6.23. The van der Waals surface area contributed by atoms with Gasteiger partial charge in [-0.1, -0.05) is 79.1 Å². The Bertz CT molecular complexity index is 187. The normalized spacial score (nSPS) is 12.0. The molecule has 0 fully saturated rings. The Morgan fingerprint density at radius 1 is 0.524 bits per heavy atom. The van der Waals surface area contributed by atoms with Crippen LogP contribution in [0, 0.1) is 0 Å². The van der Waals surface area contributed by atoms with E-state index in [4.69, 9.17) is 8.85 Å². The fourth-order valence-electron chi connectivity index (χ4n) is 2.67. The van der Waals surface area contributed by atoms with Crippen molar-refractivity contribution < 1.29 is 8.85 Å². The van der Waals surface area contributed by atoms with E-state index in [1.807, 2.05) is 0 Å². The molecular formula is C18H40O2Si. The lowest BCUT2D eigenvalue weighted by Crippen LogP contribution is -2.42. The maximum atomic E-state index is 6.36. The van der Waals surface area contributed by atoms with Crippen LogP contribution in [0.1, 0.15) is 91.9 Å². The van der Waals surface area contributed by atoms with Crippen LogP contribution in [0.2, 0.25) is 12.1 Å². The van der Waals surface area contributed by atoms with Gasteiger partial charge in [0.05, 0.1) is 0 Å². The molecule has 0 unspecified atom stereocenters. The van der Waals surface area contributed by atoms with E-state index in [0.717, 1.165) is 26.1 Å². The highest BCUT2D eigenvalue weighted by atomic mass is 28.4. The molecule has 0 bridgehead atoms. The summed E-state index contributed by atoms with van der Waals surface area (Å²) in [4.78, 5) is 0. The molecule has 0 heterocycles. The average Bonchev–Trinajstić information content (AvgIpc) is 2.51. The minimum absolute atomic E-state index is 0.886. The Kier molecular flexibility index (Phi) is 15.1. The van der Waals surface area contributed by atoms with E-state index < -0.39 is 8.56 Å². The van der Waals surface area contributed by atoms with Crippen LogP contribution in [0.25, 0.3) is 0 Å². The van der Waals surface area contributed by atoms with Gasteiger partial charge in [0.15, 0.2) is 0 Å². The summed E-state index contributed by atoms with van der Waals surface area (Å²) in [5.74, 6) is 0. The Morgan fingerprint density at radius 2 is 0.952 bits per heavy atom. The van der Waals surface area contributed by atoms with Crippen LogP contribution in [0.5, 0.6) is 0 Å². The monoisotopic (exact) mass is 316 g/mol. The molecule has 3 heteroatoms. The van der Waals surface area contributed by atoms with Crippen LogP contribution in [0.4, 0.5) is 0 Å². The molecule has 0 atom stereocenters. The minimum Gasteiger partial charge on any atom is -0.394 e. The first-order valence-electron chi connectivity index (χ1n) is 9.52. The second-order valence-corrected chi connectivity index (χ2v) is 9.63. The molecule has 21 heavy (non-hydrogen) atoms. The van der Waals surface area contributed by atoms with Gasteiger partial charge in [0.1, 0.15) is 0 Å². The van der Waals surface area contributed by atoms with Crippen LogP contribution < -0.4 is 0 Å². The lowest BCUT2D eigenvalue weighted by molar-refractivity contribution is 0.165. The molecular weight excluding hydrogens is 276 g/mol. The highest BCUT2D eigenvalue weighted by Crippen LogP contribution is 2.26. The number of hydrogen-bond acceptors (Lipinski definition) is 2. The van der Waals surface area contributed by atoms with Crippen LogP contribution in [0.15, 0.2) is 0 Å². The molecule has 0 aliphatic carbocycles. The first-order chi connectivity index (χ1) is 10.2. The molecule has 0 aromatic rings. The van der Waals surface area contributed by atoms with E-state index in [2.05, 4.69) is 27.7 Å². The molecule has 0 saturated carbocycles. The van der Waals surface area contributed by atoms with Gasteiger partial charge < -0.3 is 8.85 Å². The predicted octanol–water partition coefficient (Wildman–Crippen LogP) is 6.44. The van der Waals surface area contributed by atoms with Crippen molar-refractivity contribution in [2.75, 3.05) is 13.2 Å². The molecule has 0 radical (unpaired) electrons. The summed E-state index contributed by atoms with van der Waals surface area (Å²) in [6, 6.07) is 2.41. The van der Waals surface area contributed by atoms with Crippen molar-refractivity contribution in [1.29, 1.82) is 0 Å². The molecule has 0 aliphatic heterocycles. The van der Waals surface area contributed by atoms with Crippen molar-refractivity contribution in [1.82, 2.24) is 0 Å². The third-order valence-electron chi connectivity index (χ3n) is 3.96. The molecule has 0 spiro atoms. The van der Waals surface area contributed by atoms with Crippen LogP contribution >= 0.6 is 0 Å². The molecule has 0 rings (SSSR count). The highest BCUT2D eigenvalue weighted by Gasteiger charge is 2.36. The lowest BCUT2D eigenvalue weighted by Gasteiger charge is -2.31. The molecule has 128 valence electrons. The summed E-state index contributed by atoms with van der Waals surface area (Å²) in [7, 11) is -1.94. The SMILES string of the molecule is CCCCCC[Si](CCCCCC)(OCCC)OCCC. The van der Waals surface area contributed by atoms with Crippen LogP contribution in [0.3, 0.4) is 0 Å². The summed E-state index contributed by atoms with van der Waals surface area (Å²) in [6.45, 7) is 10.7. The van der Waals surface area contributed by atoms with Gasteiger partial charge in [-0.2, -0.15) is 0 Å². The summed E-state index contributed by atoms with van der Waals surface area (Å²) in [5.41, 5.74) is 0. The predicted molar refractivity (Wildman–Crippen MR) is 96.1 cm³/mol. The first-order valence-corrected chi connectivity index (χ1v) is 11.8. The third kappa shape index (κ3) is 11.4. The van der Waals surface area contributed by atoms with E-state index in [1.165, 1.54) is 63.5 Å². The van der Waals surface area contributed by atoms with E-state index >= 15 is 0 Å². The van der Waals surface area contributed by atoms with Crippen molar-refractivity contribution in [2.24, 2.45) is 0 Å². The van der Waals surface area contributed by atoms with Crippen molar-refractivity contribution in [2.45, 2.75) is 104 Å². The van der Waals surface area contributed by atoms with Gasteiger partial charge in [-0.05, 0) is 24.9 Å². The van der Waals surface area contributed by atoms with E-state index in [0.29, 0.717) is 0 Å². The molecule has 0 amide bonds. The number of unbranched alkanes of at least 4 members (excludes halogenated alkanes) is 6. The quantitative estimate of drug-likeness (QED) is 0.241. The zero-order valence-corrected chi connectivity index (χ0v) is 16.2.